The van der Waals surface area contributed by atoms with E-state index in [0.29, 0.717) is 68.8 Å². The molecule has 0 saturated heterocycles. The van der Waals surface area contributed by atoms with E-state index in [9.17, 15) is 35.1 Å². The zero-order valence-corrected chi connectivity index (χ0v) is 58.2. The number of ether oxygens (including phenoxy) is 3. The second-order valence-electron chi connectivity index (χ2n) is 32.1. The number of hydrogen-bond acceptors (Lipinski definition) is 13. The lowest BCUT2D eigenvalue weighted by Crippen LogP contribution is -2.41. The molecule has 20 rings (SSSR count). The van der Waals surface area contributed by atoms with Gasteiger partial charge in [-0.25, -0.2) is 0 Å². The van der Waals surface area contributed by atoms with E-state index >= 15 is 4.79 Å². The van der Waals surface area contributed by atoms with E-state index in [1.807, 2.05) is 24.3 Å². The van der Waals surface area contributed by atoms with Gasteiger partial charge in [0.05, 0.1) is 30.9 Å². The average Bonchev–Trinajstić information content (AvgIpc) is 1.57. The first-order chi connectivity index (χ1) is 49.1. The van der Waals surface area contributed by atoms with Gasteiger partial charge in [0.25, 0.3) is 0 Å². The van der Waals surface area contributed by atoms with Crippen LogP contribution in [0.1, 0.15) is 203 Å². The third-order valence-corrected chi connectivity index (χ3v) is 26.6. The molecular formula is C86H94N4O11. The Morgan fingerprint density at radius 3 is 2.60 bits per heavy atom. The number of ketones is 2. The molecule has 14 aliphatic rings. The number of hydrogen-bond donors (Lipinski definition) is 7. The normalized spacial score (nSPS) is 31.0. The van der Waals surface area contributed by atoms with E-state index in [0.717, 1.165) is 150 Å². The first kappa shape index (κ1) is 65.6. The van der Waals surface area contributed by atoms with E-state index in [-0.39, 0.29) is 101 Å². The van der Waals surface area contributed by atoms with Gasteiger partial charge in [-0.2, -0.15) is 0 Å². The van der Waals surface area contributed by atoms with Gasteiger partial charge >= 0.3 is 5.97 Å². The first-order valence-corrected chi connectivity index (χ1v) is 37.6. The van der Waals surface area contributed by atoms with Crippen molar-refractivity contribution >= 4 is 34.0 Å². The molecule has 0 amide bonds. The molecule has 7 N–H and O–H groups in total. The van der Waals surface area contributed by atoms with Crippen LogP contribution in [0.4, 0.5) is 5.69 Å². The minimum absolute atomic E-state index is 0.0187. The van der Waals surface area contributed by atoms with Crippen molar-refractivity contribution < 1.29 is 54.1 Å². The van der Waals surface area contributed by atoms with Crippen molar-refractivity contribution in [2.75, 3.05) is 31.7 Å². The van der Waals surface area contributed by atoms with Crippen LogP contribution in [0, 0.1) is 57.7 Å². The number of aromatic amines is 1. The minimum atomic E-state index is -0.839. The summed E-state index contributed by atoms with van der Waals surface area (Å²) in [5.41, 5.74) is 9.19. The number of nitrogens with zero attached hydrogens (tertiary/aromatic N) is 2. The number of aromatic nitrogens is 2. The SMILES string of the molecule is COc1cc2cc(O)c1Oc1cc(O)cc3c1CCC(C3)C(CO)CC1CCC3(CCC4(Cc5c6c(ccc7c6cn5C2CC(=O)CC(OC(C)=O)CCC25C6=CC=CC2CC=CC5c2c[nH]cc2C(C#CC6)C(c2cccc(O)c2)C2=CCNC(=C2)N7CCC(=O)C2CCCC2)C4O)C3)C1. The summed E-state index contributed by atoms with van der Waals surface area (Å²) >= 11 is 0. The number of methoxy groups -OCH3 is 1. The monoisotopic (exact) mass is 1360 g/mol. The maximum Gasteiger partial charge on any atom is 0.302 e. The number of esters is 1. The van der Waals surface area contributed by atoms with E-state index in [2.05, 4.69) is 111 Å². The summed E-state index contributed by atoms with van der Waals surface area (Å²) in [6, 6.07) is 18.0. The molecule has 6 aromatic rings. The van der Waals surface area contributed by atoms with E-state index in [1.165, 1.54) is 19.6 Å². The van der Waals surface area contributed by atoms with Gasteiger partial charge < -0.3 is 59.5 Å². The van der Waals surface area contributed by atoms with Gasteiger partial charge in [0.2, 0.25) is 5.75 Å². The summed E-state index contributed by atoms with van der Waals surface area (Å²) in [6.45, 7) is 2.27. The minimum Gasteiger partial charge on any atom is -0.508 e. The maximum atomic E-state index is 16.1. The zero-order valence-electron chi connectivity index (χ0n) is 58.2. The fourth-order valence-electron chi connectivity index (χ4n) is 22.0. The molecule has 524 valence electrons. The number of dihydropyridines is 1. The summed E-state index contributed by atoms with van der Waals surface area (Å²) in [5, 5.41) is 66.2. The van der Waals surface area contributed by atoms with Crippen LogP contribution >= 0.6 is 0 Å². The first-order valence-electron chi connectivity index (χ1n) is 37.6. The fourth-order valence-corrected chi connectivity index (χ4v) is 22.0. The molecule has 101 heavy (non-hydrogen) atoms. The van der Waals surface area contributed by atoms with Crippen LogP contribution in [0.5, 0.6) is 34.5 Å². The second kappa shape index (κ2) is 26.0. The molecule has 3 fully saturated rings. The second-order valence-corrected chi connectivity index (χ2v) is 32.1. The van der Waals surface area contributed by atoms with Crippen molar-refractivity contribution in [1.82, 2.24) is 14.9 Å². The molecule has 8 heterocycles. The maximum absolute atomic E-state index is 16.1. The lowest BCUT2D eigenvalue weighted by Gasteiger charge is -2.50. The Morgan fingerprint density at radius 1 is 0.891 bits per heavy atom. The van der Waals surface area contributed by atoms with Crippen molar-refractivity contribution in [2.24, 2.45) is 45.8 Å². The molecule has 8 aliphatic carbocycles. The number of carbonyl (C=O) groups excluding carboxylic acids is 3. The lowest BCUT2D eigenvalue weighted by molar-refractivity contribution is -0.148. The summed E-state index contributed by atoms with van der Waals surface area (Å²) in [4.78, 5) is 50.3. The van der Waals surface area contributed by atoms with Gasteiger partial charge in [-0.1, -0.05) is 84.9 Å². The Bertz CT molecular complexity index is 4570. The number of benzene rings is 4. The Morgan fingerprint density at radius 2 is 1.76 bits per heavy atom. The van der Waals surface area contributed by atoms with Crippen molar-refractivity contribution in [3.63, 3.8) is 0 Å². The molecular weight excluding hydrogens is 1260 g/mol. The van der Waals surface area contributed by atoms with E-state index in [1.54, 1.807) is 18.2 Å². The molecule has 3 spiro atoms. The topological polar surface area (TPSA) is 216 Å². The zero-order chi connectivity index (χ0) is 69.1. The summed E-state index contributed by atoms with van der Waals surface area (Å²) in [7, 11) is 1.54. The van der Waals surface area contributed by atoms with E-state index in [4.69, 9.17) is 14.2 Å². The number of phenols is 3. The fraction of sp³-hybridized carbons (Fsp3) is 0.477. The molecule has 13 atom stereocenters. The lowest BCUT2D eigenvalue weighted by atomic mass is 9.53. The highest BCUT2D eigenvalue weighted by Gasteiger charge is 2.57. The van der Waals surface area contributed by atoms with Crippen LogP contribution in [0.2, 0.25) is 0 Å². The number of fused-ring (bicyclic) bond motifs is 1. The quantitative estimate of drug-likeness (QED) is 0.0429. The van der Waals surface area contributed by atoms with Gasteiger partial charge in [0, 0.05) is 122 Å². The smallest absolute Gasteiger partial charge is 0.302 e. The summed E-state index contributed by atoms with van der Waals surface area (Å²) in [6.07, 6.45) is 36.0. The van der Waals surface area contributed by atoms with Crippen molar-refractivity contribution in [2.45, 2.75) is 184 Å². The molecule has 0 radical (unpaired) electrons. The number of aliphatic hydroxyl groups excluding tert-OH is 2. The number of aliphatic hydroxyl groups is 2. The molecule has 13 unspecified atom stereocenters. The number of nitrogens with one attached hydrogen (secondary N) is 2. The predicted molar refractivity (Wildman–Crippen MR) is 387 cm³/mol. The van der Waals surface area contributed by atoms with Gasteiger partial charge in [0.1, 0.15) is 40.7 Å². The number of H-pyrrole nitrogens is 1. The molecule has 15 heteroatoms. The average molecular weight is 1360 g/mol. The highest BCUT2D eigenvalue weighted by molar-refractivity contribution is 6.01. The van der Waals surface area contributed by atoms with Crippen LogP contribution in [0.15, 0.2) is 139 Å². The Kier molecular flexibility index (Phi) is 16.9. The predicted octanol–water partition coefficient (Wildman–Crippen LogP) is 15.7. The highest BCUT2D eigenvalue weighted by Crippen LogP contribution is 2.67. The number of allylic oxidation sites excluding steroid dienone is 8. The number of carbonyl (C=O) groups is 3. The van der Waals surface area contributed by atoms with Crippen molar-refractivity contribution in [3.8, 4) is 46.3 Å². The summed E-state index contributed by atoms with van der Waals surface area (Å²) < 4.78 is 21.8. The number of anilines is 1. The molecule has 2 aromatic heterocycles. The molecule has 4 aromatic carbocycles. The number of aromatic hydroxyl groups is 3. The van der Waals surface area contributed by atoms with E-state index < -0.39 is 46.9 Å². The van der Waals surface area contributed by atoms with Crippen molar-refractivity contribution in [3.05, 3.63) is 183 Å². The molecule has 15 nitrogen and oxygen atoms in total. The van der Waals surface area contributed by atoms with Crippen LogP contribution in [0.25, 0.3) is 10.8 Å². The Labute approximate surface area is 591 Å². The van der Waals surface area contributed by atoms with Crippen LogP contribution in [-0.2, 0) is 38.4 Å². The highest BCUT2D eigenvalue weighted by atomic mass is 16.5. The molecule has 16 bridgehead atoms. The molecule has 6 aliphatic heterocycles. The van der Waals surface area contributed by atoms with Crippen molar-refractivity contribution in [1.29, 1.82) is 0 Å². The van der Waals surface area contributed by atoms with Crippen LogP contribution < -0.4 is 19.7 Å². The van der Waals surface area contributed by atoms with Gasteiger partial charge in [-0.3, -0.25) is 14.4 Å². The Hall–Kier alpha value is -8.71. The third-order valence-electron chi connectivity index (χ3n) is 26.6. The van der Waals surface area contributed by atoms with Crippen LogP contribution in [-0.4, -0.2) is 85.5 Å². The third kappa shape index (κ3) is 11.4. The standard InChI is InChI=1S/C86H94N4O11/c1-50(92)100-64-24-28-86-59-12-6-13-60(86)15-8-18-71(86)69-46-87-45-68(69)66(17-7-14-59)80(54-11-5-16-61(93)35-54)55-25-31-88-79(39-55)89(32-26-75(96)52-9-3-4-10-52)72-22-21-67-81-70(72)47-90-73(41-63(95)40-64)57-37-76(97)82(78(38-57)99-2)101-77-42-62(94)36-56-34-53(19-20-65(56)77)58(48-91)33-51-23-27-84(43-51)29-30-85(49-84,83(67)98)44-74(81)90/h5-6,8,11-13,16,18,21-22,25,35-39,42,45-47,51-53,58,60,64,66,71,73,80,83,87-88,91,93-94,97-98H,3-4,9-10,14-15,19-20,23-24,26-34,40-41,43-44,48-49H2,1-2H3. The number of phenolic OH excluding ortho intramolecular Hbond substituents is 3. The number of rotatable bonds is 8. The van der Waals surface area contributed by atoms with Crippen LogP contribution in [0.3, 0.4) is 0 Å². The number of Topliss-reactive ketones (excluding diaryl/α,β-unsaturated/α-hetero) is 2. The van der Waals surface area contributed by atoms with Gasteiger partial charge in [-0.05, 0) is 219 Å². The Balaban J connectivity index is 0.897. The molecule has 3 saturated carbocycles. The van der Waals surface area contributed by atoms with Gasteiger partial charge in [-0.15, -0.1) is 0 Å². The van der Waals surface area contributed by atoms with Gasteiger partial charge in [0.15, 0.2) is 11.5 Å². The largest absolute Gasteiger partial charge is 0.508 e. The summed E-state index contributed by atoms with van der Waals surface area (Å²) in [5.74, 6) is 8.47.